The van der Waals surface area contributed by atoms with Gasteiger partial charge >= 0.3 is 5.97 Å². The summed E-state index contributed by atoms with van der Waals surface area (Å²) in [4.78, 5) is 11.6. The number of rotatable bonds is 15. The third-order valence-corrected chi connectivity index (χ3v) is 15.1. The Labute approximate surface area is 359 Å². The first-order chi connectivity index (χ1) is 29.4. The Morgan fingerprint density at radius 1 is 1.00 bits per heavy atom. The lowest BCUT2D eigenvalue weighted by Gasteiger charge is -2.52. The second-order valence-electron chi connectivity index (χ2n) is 18.7. The molecule has 12 nitrogen and oxygen atoms in total. The van der Waals surface area contributed by atoms with Crippen molar-refractivity contribution >= 4 is 5.97 Å². The SMILES string of the molecule is C=CCc1ccc(O[C@H]2O[C@H]3[C@@H](O)[C@H](O)[C@]2(O)C[C@H]([C@@H]2CC[C@@H]4C5(CCCC5)[C@@H](Cc5ccc(C(=O)O)cc5)C[C@]4(O)C2)[C@@H](O)CC#CO[C@@H]3CCCO)cc1CCCOC. The number of carboxylic acids is 1. The molecular weight excluding hydrogens is 781 g/mol. The maximum Gasteiger partial charge on any atom is 0.335 e. The van der Waals surface area contributed by atoms with E-state index in [9.17, 15) is 40.5 Å². The molecule has 12 atom stereocenters. The van der Waals surface area contributed by atoms with Crippen LogP contribution in [0.3, 0.4) is 0 Å². The minimum absolute atomic E-state index is 0.00994. The molecule has 3 heterocycles. The molecule has 2 aromatic rings. The number of hydrogen-bond acceptors (Lipinski definition) is 11. The highest BCUT2D eigenvalue weighted by Crippen LogP contribution is 2.67. The first-order valence-corrected chi connectivity index (χ1v) is 22.4. The summed E-state index contributed by atoms with van der Waals surface area (Å²) in [5, 5.41) is 80.8. The Morgan fingerprint density at radius 2 is 1.77 bits per heavy atom. The van der Waals surface area contributed by atoms with E-state index in [0.29, 0.717) is 50.9 Å². The van der Waals surface area contributed by atoms with E-state index in [1.807, 2.05) is 30.3 Å². The smallest absolute Gasteiger partial charge is 0.335 e. The van der Waals surface area contributed by atoms with E-state index in [1.54, 1.807) is 25.3 Å². The highest BCUT2D eigenvalue weighted by Gasteiger charge is 2.65. The van der Waals surface area contributed by atoms with E-state index >= 15 is 0 Å². The van der Waals surface area contributed by atoms with Crippen molar-refractivity contribution in [3.05, 3.63) is 77.4 Å². The van der Waals surface area contributed by atoms with Gasteiger partial charge in [-0.15, -0.1) is 6.58 Å². The van der Waals surface area contributed by atoms with Crippen LogP contribution < -0.4 is 4.74 Å². The van der Waals surface area contributed by atoms with Gasteiger partial charge in [-0.1, -0.05) is 43.0 Å². The Balaban J connectivity index is 1.21. The van der Waals surface area contributed by atoms with Crippen LogP contribution in [0.5, 0.6) is 5.75 Å². The number of hydrogen-bond donors (Lipinski definition) is 7. The molecule has 0 aromatic heterocycles. The maximum absolute atomic E-state index is 12.9. The van der Waals surface area contributed by atoms with Crippen LogP contribution in [0.4, 0.5) is 0 Å². The van der Waals surface area contributed by atoms with Crippen LogP contribution in [0.2, 0.25) is 0 Å². The number of fused-ring (bicyclic) bond motifs is 10. The summed E-state index contributed by atoms with van der Waals surface area (Å²) >= 11 is 0. The zero-order chi connectivity index (χ0) is 43.4. The highest BCUT2D eigenvalue weighted by molar-refractivity contribution is 5.87. The van der Waals surface area contributed by atoms with Crippen LogP contribution in [-0.4, -0.2) is 110 Å². The number of carboxylic acid groups (broad SMARTS) is 1. The van der Waals surface area contributed by atoms with Gasteiger partial charge in [-0.05, 0) is 154 Å². The first kappa shape index (κ1) is 45.5. The van der Waals surface area contributed by atoms with Crippen LogP contribution in [0, 0.1) is 41.1 Å². The molecule has 3 aliphatic carbocycles. The van der Waals surface area contributed by atoms with Crippen LogP contribution in [0.25, 0.3) is 0 Å². The molecule has 3 saturated carbocycles. The van der Waals surface area contributed by atoms with Crippen LogP contribution in [0.1, 0.15) is 111 Å². The minimum atomic E-state index is -2.22. The van der Waals surface area contributed by atoms with Crippen molar-refractivity contribution in [1.82, 2.24) is 0 Å². The number of benzene rings is 2. The fourth-order valence-electron chi connectivity index (χ4n) is 12.2. The summed E-state index contributed by atoms with van der Waals surface area (Å²) in [6.07, 6.45) is 6.16. The van der Waals surface area contributed by atoms with Crippen LogP contribution in [-0.2, 0) is 33.5 Å². The molecular formula is C49H66O12. The van der Waals surface area contributed by atoms with Crippen molar-refractivity contribution in [2.75, 3.05) is 20.3 Å². The number of carbonyl (C=O) groups is 1. The van der Waals surface area contributed by atoms with E-state index in [1.165, 1.54) is 0 Å². The molecule has 0 radical (unpaired) electrons. The number of aryl methyl sites for hydroxylation is 1. The number of ether oxygens (including phenoxy) is 4. The number of aromatic carboxylic acids is 1. The predicted octanol–water partition coefficient (Wildman–Crippen LogP) is 5.11. The summed E-state index contributed by atoms with van der Waals surface area (Å²) in [6.45, 7) is 4.33. The highest BCUT2D eigenvalue weighted by atomic mass is 16.7. The molecule has 1 saturated heterocycles. The lowest BCUT2D eigenvalue weighted by molar-refractivity contribution is -0.334. The summed E-state index contributed by atoms with van der Waals surface area (Å²) < 4.78 is 24.3. The fraction of sp³-hybridized carbons (Fsp3) is 0.653. The molecule has 2 aromatic carbocycles. The number of allylic oxidation sites excluding steroid dienone is 1. The van der Waals surface area contributed by atoms with Gasteiger partial charge in [0.2, 0.25) is 6.29 Å². The average Bonchev–Trinajstić information content (AvgIpc) is 3.83. The van der Waals surface area contributed by atoms with E-state index in [-0.39, 0.29) is 54.6 Å². The van der Waals surface area contributed by atoms with E-state index in [0.717, 1.165) is 61.6 Å². The van der Waals surface area contributed by atoms with Gasteiger partial charge in [0.1, 0.15) is 36.3 Å². The monoisotopic (exact) mass is 846 g/mol. The zero-order valence-electron chi connectivity index (χ0n) is 35.5. The van der Waals surface area contributed by atoms with Gasteiger partial charge in [-0.25, -0.2) is 4.79 Å². The third kappa shape index (κ3) is 9.41. The summed E-state index contributed by atoms with van der Waals surface area (Å²) in [7, 11) is 1.66. The Kier molecular flexibility index (Phi) is 14.5. The lowest BCUT2D eigenvalue weighted by atomic mass is 9.59. The van der Waals surface area contributed by atoms with Gasteiger partial charge in [0.25, 0.3) is 0 Å². The summed E-state index contributed by atoms with van der Waals surface area (Å²) in [6, 6.07) is 12.7. The zero-order valence-corrected chi connectivity index (χ0v) is 35.5. The summed E-state index contributed by atoms with van der Waals surface area (Å²) in [5.74, 6) is 1.61. The molecule has 8 rings (SSSR count). The molecule has 4 fully saturated rings. The molecule has 61 heavy (non-hydrogen) atoms. The lowest BCUT2D eigenvalue weighted by Crippen LogP contribution is -2.70. The van der Waals surface area contributed by atoms with Crippen molar-refractivity contribution in [2.45, 2.75) is 151 Å². The largest absolute Gasteiger partial charge is 0.478 e. The first-order valence-electron chi connectivity index (χ1n) is 22.4. The Bertz CT molecular complexity index is 1870. The van der Waals surface area contributed by atoms with Gasteiger partial charge in [0, 0.05) is 26.7 Å². The quantitative estimate of drug-likeness (QED) is 0.0713. The molecule has 2 bridgehead atoms. The van der Waals surface area contributed by atoms with E-state index in [4.69, 9.17) is 18.9 Å². The standard InChI is InChI=1S/C49H66O12/c1-3-9-32-17-19-37(27-34(32)10-7-24-58-2)60-46-49(57)30-38(39(51)11-8-25-59-40(12-6-23-50)43(61-46)42(52)44(49)53)35-18-20-41-47(21-4-5-22-47)36(29-48(41,56)28-35)26-31-13-15-33(16-14-31)45(54)55/h3,13-17,19,27,35-36,38-44,46,50-53,56-57H,1,4-7,9-12,18,20-24,26,28-30H2,2H3,(H,54,55)/t35-,36+,38-,39+,40-,41-,42-,43-,44+,46+,48-,49-/m1/s1. The second kappa shape index (κ2) is 19.5. The van der Waals surface area contributed by atoms with E-state index in [2.05, 4.69) is 18.6 Å². The average molecular weight is 847 g/mol. The molecule has 7 N–H and O–H groups in total. The third-order valence-electron chi connectivity index (χ3n) is 15.1. The fourth-order valence-corrected chi connectivity index (χ4v) is 12.2. The van der Waals surface area contributed by atoms with E-state index < -0.39 is 59.9 Å². The Morgan fingerprint density at radius 3 is 2.48 bits per heavy atom. The van der Waals surface area contributed by atoms with Gasteiger partial charge in [-0.3, -0.25) is 0 Å². The molecule has 12 heteroatoms. The molecule has 1 spiro atoms. The normalized spacial score (nSPS) is 35.6. The summed E-state index contributed by atoms with van der Waals surface area (Å²) in [5.41, 5.74) is 0.0226. The number of aliphatic hydroxyl groups excluding tert-OH is 4. The van der Waals surface area contributed by atoms with Gasteiger partial charge in [0.15, 0.2) is 5.60 Å². The maximum atomic E-state index is 12.9. The van der Waals surface area contributed by atoms with Crippen molar-refractivity contribution in [3.8, 4) is 17.8 Å². The molecule has 0 unspecified atom stereocenters. The molecule has 0 amide bonds. The predicted molar refractivity (Wildman–Crippen MR) is 226 cm³/mol. The van der Waals surface area contributed by atoms with Crippen molar-refractivity contribution in [3.63, 3.8) is 0 Å². The second-order valence-corrected chi connectivity index (χ2v) is 18.7. The Hall–Kier alpha value is -3.51. The van der Waals surface area contributed by atoms with Crippen molar-refractivity contribution in [2.24, 2.45) is 29.1 Å². The number of methoxy groups -OCH3 is 1. The van der Waals surface area contributed by atoms with Crippen molar-refractivity contribution in [1.29, 1.82) is 0 Å². The number of aliphatic hydroxyl groups is 6. The van der Waals surface area contributed by atoms with Crippen molar-refractivity contribution < 1.29 is 59.5 Å². The molecule has 3 aliphatic heterocycles. The van der Waals surface area contributed by atoms with Gasteiger partial charge in [-0.2, -0.15) is 0 Å². The molecule has 6 aliphatic rings. The molecule has 334 valence electrons. The van der Waals surface area contributed by atoms with Crippen LogP contribution in [0.15, 0.2) is 55.1 Å². The van der Waals surface area contributed by atoms with Crippen LogP contribution >= 0.6 is 0 Å². The van der Waals surface area contributed by atoms with Gasteiger partial charge in [0.05, 0.1) is 17.3 Å². The topological polar surface area (TPSA) is 196 Å². The van der Waals surface area contributed by atoms with Gasteiger partial charge < -0.3 is 54.7 Å². The minimum Gasteiger partial charge on any atom is -0.478 e.